The fourth-order valence-electron chi connectivity index (χ4n) is 2.66. The Morgan fingerprint density at radius 3 is 1.72 bits per heavy atom. The lowest BCUT2D eigenvalue weighted by Gasteiger charge is -2.18. The molecule has 4 nitrogen and oxygen atoms in total. The number of benzene rings is 2. The van der Waals surface area contributed by atoms with Crippen LogP contribution >= 0.6 is 12.1 Å². The first-order chi connectivity index (χ1) is 12.1. The molecule has 0 unspecified atom stereocenters. The fraction of sp³-hybridized carbons (Fsp3) is 0.100. The van der Waals surface area contributed by atoms with Crippen molar-refractivity contribution in [3.05, 3.63) is 81.9 Å². The Balaban J connectivity index is 2.22. The van der Waals surface area contributed by atoms with E-state index in [9.17, 15) is 10.5 Å². The highest BCUT2D eigenvalue weighted by molar-refractivity contribution is 7.97. The molecule has 0 atom stereocenters. The molecule has 2 aromatic rings. The second-order valence-corrected chi connectivity index (χ2v) is 6.20. The summed E-state index contributed by atoms with van der Waals surface area (Å²) in [5, 5.41) is 18.9. The Morgan fingerprint density at radius 2 is 1.32 bits per heavy atom. The lowest BCUT2D eigenvalue weighted by atomic mass is 9.90. The molecular weight excluding hydrogens is 328 g/mol. The second kappa shape index (κ2) is 7.17. The maximum Gasteiger partial charge on any atom is 0.141 e. The third-order valence-corrected chi connectivity index (χ3v) is 4.32. The van der Waals surface area contributed by atoms with Gasteiger partial charge in [-0.2, -0.15) is 19.3 Å². The van der Waals surface area contributed by atoms with Crippen LogP contribution in [0.1, 0.15) is 22.3 Å². The van der Waals surface area contributed by atoms with Crippen molar-refractivity contribution in [2.24, 2.45) is 8.80 Å². The lowest BCUT2D eigenvalue weighted by Crippen LogP contribution is -2.19. The van der Waals surface area contributed by atoms with Crippen LogP contribution in [0, 0.1) is 36.5 Å². The number of allylic oxidation sites excluding steroid dienone is 2. The normalized spacial score (nSPS) is 13.4. The first-order valence-electron chi connectivity index (χ1n) is 7.65. The minimum Gasteiger partial charge on any atom is -0.192 e. The van der Waals surface area contributed by atoms with E-state index in [-0.39, 0.29) is 5.57 Å². The van der Waals surface area contributed by atoms with E-state index in [4.69, 9.17) is 0 Å². The average Bonchev–Trinajstić information content (AvgIpc) is 2.63. The molecule has 0 bridgehead atoms. The van der Waals surface area contributed by atoms with Gasteiger partial charge in [-0.05, 0) is 26.0 Å². The van der Waals surface area contributed by atoms with Gasteiger partial charge in [0.25, 0.3) is 0 Å². The van der Waals surface area contributed by atoms with E-state index in [1.165, 1.54) is 0 Å². The van der Waals surface area contributed by atoms with Crippen molar-refractivity contribution in [2.75, 3.05) is 0 Å². The third-order valence-electron chi connectivity index (χ3n) is 3.79. The Labute approximate surface area is 151 Å². The average molecular weight is 342 g/mol. The van der Waals surface area contributed by atoms with Crippen molar-refractivity contribution in [1.29, 1.82) is 10.5 Å². The van der Waals surface area contributed by atoms with Gasteiger partial charge in [0.2, 0.25) is 0 Å². The zero-order valence-electron chi connectivity index (χ0n) is 13.8. The molecule has 0 amide bonds. The van der Waals surface area contributed by atoms with Crippen LogP contribution in [0.25, 0.3) is 0 Å². The lowest BCUT2D eigenvalue weighted by molar-refractivity contribution is 1.42. The van der Waals surface area contributed by atoms with Gasteiger partial charge in [0.05, 0.1) is 17.0 Å². The van der Waals surface area contributed by atoms with Gasteiger partial charge < -0.3 is 0 Å². The second-order valence-electron chi connectivity index (χ2n) is 5.67. The molecule has 0 fully saturated rings. The highest BCUT2D eigenvalue weighted by Crippen LogP contribution is 2.28. The predicted molar refractivity (Wildman–Crippen MR) is 101 cm³/mol. The summed E-state index contributed by atoms with van der Waals surface area (Å²) >= 11 is 1.08. The number of hydrogen-bond acceptors (Lipinski definition) is 5. The first-order valence-corrected chi connectivity index (χ1v) is 8.38. The minimum atomic E-state index is 0.0146. The van der Waals surface area contributed by atoms with E-state index in [0.717, 1.165) is 34.4 Å². The molecule has 120 valence electrons. The summed E-state index contributed by atoms with van der Waals surface area (Å²) in [6, 6.07) is 19.7. The van der Waals surface area contributed by atoms with Gasteiger partial charge in [0.1, 0.15) is 29.8 Å². The van der Waals surface area contributed by atoms with Crippen LogP contribution < -0.4 is 0 Å². The smallest absolute Gasteiger partial charge is 0.141 e. The van der Waals surface area contributed by atoms with Gasteiger partial charge in [-0.3, -0.25) is 0 Å². The van der Waals surface area contributed by atoms with Crippen molar-refractivity contribution in [3.63, 3.8) is 0 Å². The predicted octanol–water partition coefficient (Wildman–Crippen LogP) is 4.50. The summed E-state index contributed by atoms with van der Waals surface area (Å²) < 4.78 is 8.85. The topological polar surface area (TPSA) is 72.3 Å². The first kappa shape index (κ1) is 16.7. The van der Waals surface area contributed by atoms with Gasteiger partial charge >= 0.3 is 0 Å². The number of nitriles is 2. The van der Waals surface area contributed by atoms with Crippen molar-refractivity contribution in [2.45, 2.75) is 13.8 Å². The van der Waals surface area contributed by atoms with Crippen LogP contribution in [0.4, 0.5) is 0 Å². The quantitative estimate of drug-likeness (QED) is 0.596. The molecule has 0 saturated heterocycles. The Kier molecular flexibility index (Phi) is 4.79. The number of nitrogens with zero attached hydrogens (tertiary/aromatic N) is 4. The summed E-state index contributed by atoms with van der Waals surface area (Å²) in [5.41, 5.74) is 5.62. The standard InChI is InChI=1S/C20H14N4S/c1-13-5-3-7-15(9-13)19-18(17(11-21)12-22)20(24-25-23-19)16-8-4-6-14(2)10-16/h3-10H,1-2H3. The number of aryl methyl sites for hydroxylation is 2. The molecule has 25 heavy (non-hydrogen) atoms. The van der Waals surface area contributed by atoms with Gasteiger partial charge in [-0.15, -0.1) is 0 Å². The van der Waals surface area contributed by atoms with E-state index in [0.29, 0.717) is 17.0 Å². The summed E-state index contributed by atoms with van der Waals surface area (Å²) in [6.07, 6.45) is 0. The van der Waals surface area contributed by atoms with E-state index in [1.807, 2.05) is 74.5 Å². The maximum absolute atomic E-state index is 9.47. The van der Waals surface area contributed by atoms with E-state index in [1.54, 1.807) is 0 Å². The summed E-state index contributed by atoms with van der Waals surface area (Å²) in [4.78, 5) is 0. The van der Waals surface area contributed by atoms with Crippen molar-refractivity contribution in [3.8, 4) is 12.1 Å². The molecule has 0 saturated carbocycles. The minimum absolute atomic E-state index is 0.0146. The molecule has 2 aromatic carbocycles. The Hall–Kier alpha value is -3.15. The van der Waals surface area contributed by atoms with Crippen molar-refractivity contribution < 1.29 is 0 Å². The molecule has 5 heteroatoms. The molecule has 0 aromatic heterocycles. The van der Waals surface area contributed by atoms with Gasteiger partial charge in [-0.25, -0.2) is 0 Å². The van der Waals surface area contributed by atoms with E-state index in [2.05, 4.69) is 8.80 Å². The van der Waals surface area contributed by atoms with Crippen LogP contribution in [0.3, 0.4) is 0 Å². The molecule has 1 heterocycles. The van der Waals surface area contributed by atoms with Gasteiger partial charge in [-0.1, -0.05) is 47.5 Å². The van der Waals surface area contributed by atoms with Crippen molar-refractivity contribution in [1.82, 2.24) is 0 Å². The number of rotatable bonds is 2. The molecular formula is C20H14N4S. The molecule has 0 N–H and O–H groups in total. The fourth-order valence-corrected chi connectivity index (χ4v) is 3.26. The Morgan fingerprint density at radius 1 is 0.840 bits per heavy atom. The van der Waals surface area contributed by atoms with Gasteiger partial charge in [0.15, 0.2) is 0 Å². The largest absolute Gasteiger partial charge is 0.192 e. The zero-order chi connectivity index (χ0) is 17.8. The molecule has 0 aliphatic carbocycles. The van der Waals surface area contributed by atoms with Crippen LogP contribution in [-0.2, 0) is 0 Å². The van der Waals surface area contributed by atoms with Crippen LogP contribution in [0.2, 0.25) is 0 Å². The molecule has 1 aliphatic rings. The molecule has 3 rings (SSSR count). The van der Waals surface area contributed by atoms with Crippen LogP contribution in [0.5, 0.6) is 0 Å². The summed E-state index contributed by atoms with van der Waals surface area (Å²) in [5.74, 6) is 0. The van der Waals surface area contributed by atoms with Crippen LogP contribution in [0.15, 0.2) is 68.5 Å². The zero-order valence-corrected chi connectivity index (χ0v) is 14.6. The number of hydrogen-bond donors (Lipinski definition) is 0. The third kappa shape index (κ3) is 3.38. The van der Waals surface area contributed by atoms with E-state index < -0.39 is 0 Å². The SMILES string of the molecule is Cc1cccc(C2=NSN=C(c3cccc(C)c3)C2=C(C#N)C#N)c1. The molecule has 0 radical (unpaired) electrons. The Bertz CT molecular complexity index is 937. The highest BCUT2D eigenvalue weighted by atomic mass is 32.2. The monoisotopic (exact) mass is 342 g/mol. The van der Waals surface area contributed by atoms with E-state index >= 15 is 0 Å². The van der Waals surface area contributed by atoms with Crippen molar-refractivity contribution >= 4 is 23.6 Å². The summed E-state index contributed by atoms with van der Waals surface area (Å²) in [6.45, 7) is 3.99. The summed E-state index contributed by atoms with van der Waals surface area (Å²) in [7, 11) is 0. The van der Waals surface area contributed by atoms with Gasteiger partial charge in [0, 0.05) is 11.1 Å². The van der Waals surface area contributed by atoms with Crippen LogP contribution in [-0.4, -0.2) is 11.4 Å². The maximum atomic E-state index is 9.47. The molecule has 0 spiro atoms. The molecule has 1 aliphatic heterocycles. The highest BCUT2D eigenvalue weighted by Gasteiger charge is 2.25.